The normalized spacial score (nSPS) is 11.2. The summed E-state index contributed by atoms with van der Waals surface area (Å²) >= 11 is 0. The van der Waals surface area contributed by atoms with Crippen molar-refractivity contribution in [1.82, 2.24) is 0 Å². The zero-order chi connectivity index (χ0) is 54.6. The number of hydrogen-bond acceptors (Lipinski definition) is 4. The Morgan fingerprint density at radius 2 is 0.451 bits per heavy atom. The number of benzene rings is 13. The SMILES string of the molecule is c1ccc(-c2ccc(N(c3ccc(-c4ccccc4)cc3)c3cc(N(c4ccc(-c5ccccc5)cc4)c4ccc(-c5ccccc5)cc4)cc(N(c4ccccc4)c4ccc(-c5cccc6c5oc5ccccc56)cc4)c3)cc2)cc1. The number of hydrogen-bond donors (Lipinski definition) is 0. The van der Waals surface area contributed by atoms with E-state index in [9.17, 15) is 0 Å². The van der Waals surface area contributed by atoms with Crippen molar-refractivity contribution in [1.29, 1.82) is 0 Å². The number of fused-ring (bicyclic) bond motifs is 3. The molecule has 4 nitrogen and oxygen atoms in total. The second kappa shape index (κ2) is 22.1. The Kier molecular flexibility index (Phi) is 13.3. The molecule has 0 atom stereocenters. The van der Waals surface area contributed by atoms with Crippen molar-refractivity contribution < 1.29 is 4.42 Å². The van der Waals surface area contributed by atoms with Gasteiger partial charge in [-0.2, -0.15) is 0 Å². The molecule has 82 heavy (non-hydrogen) atoms. The quantitative estimate of drug-likeness (QED) is 0.108. The fraction of sp³-hybridized carbons (Fsp3) is 0. The smallest absolute Gasteiger partial charge is 0.143 e. The van der Waals surface area contributed by atoms with Gasteiger partial charge in [-0.3, -0.25) is 0 Å². The molecule has 1 aromatic heterocycles. The first-order valence-electron chi connectivity index (χ1n) is 27.9. The molecule has 388 valence electrons. The molecule has 0 radical (unpaired) electrons. The largest absolute Gasteiger partial charge is 0.455 e. The van der Waals surface area contributed by atoms with Crippen LogP contribution in [0.5, 0.6) is 0 Å². The van der Waals surface area contributed by atoms with Crippen molar-refractivity contribution in [2.45, 2.75) is 0 Å². The van der Waals surface area contributed by atoms with Gasteiger partial charge in [0.1, 0.15) is 11.2 Å². The van der Waals surface area contributed by atoms with Gasteiger partial charge in [-0.25, -0.2) is 0 Å². The highest BCUT2D eigenvalue weighted by molar-refractivity contribution is 6.09. The van der Waals surface area contributed by atoms with Gasteiger partial charge in [-0.1, -0.05) is 237 Å². The second-order valence-electron chi connectivity index (χ2n) is 20.5. The molecular formula is C78H55N3O. The van der Waals surface area contributed by atoms with Crippen molar-refractivity contribution in [3.05, 3.63) is 334 Å². The Morgan fingerprint density at radius 1 is 0.183 bits per heavy atom. The van der Waals surface area contributed by atoms with Gasteiger partial charge in [0.25, 0.3) is 0 Å². The Bertz CT molecular complexity index is 4080. The van der Waals surface area contributed by atoms with Crippen LogP contribution in [-0.4, -0.2) is 0 Å². The van der Waals surface area contributed by atoms with Crippen LogP contribution in [0.3, 0.4) is 0 Å². The fourth-order valence-electron chi connectivity index (χ4n) is 11.4. The van der Waals surface area contributed by atoms with Crippen LogP contribution in [0.15, 0.2) is 338 Å². The van der Waals surface area contributed by atoms with Gasteiger partial charge in [-0.05, 0) is 147 Å². The van der Waals surface area contributed by atoms with Crippen molar-refractivity contribution in [2.75, 3.05) is 14.7 Å². The van der Waals surface area contributed by atoms with Gasteiger partial charge in [0.2, 0.25) is 0 Å². The molecule has 0 aliphatic heterocycles. The van der Waals surface area contributed by atoms with Crippen LogP contribution in [0.25, 0.3) is 77.6 Å². The summed E-state index contributed by atoms with van der Waals surface area (Å²) in [7, 11) is 0. The molecule has 13 aromatic carbocycles. The highest BCUT2D eigenvalue weighted by Gasteiger charge is 2.24. The molecule has 14 rings (SSSR count). The minimum absolute atomic E-state index is 0.883. The molecule has 4 heteroatoms. The summed E-state index contributed by atoms with van der Waals surface area (Å²) < 4.78 is 6.57. The molecule has 0 bridgehead atoms. The molecule has 0 N–H and O–H groups in total. The minimum atomic E-state index is 0.883. The summed E-state index contributed by atoms with van der Waals surface area (Å²) in [6, 6.07) is 120. The number of anilines is 9. The van der Waals surface area contributed by atoms with E-state index in [1.165, 1.54) is 22.3 Å². The van der Waals surface area contributed by atoms with Gasteiger partial charge >= 0.3 is 0 Å². The average Bonchev–Trinajstić information content (AvgIpc) is 4.12. The number of rotatable bonds is 14. The Labute approximate surface area is 478 Å². The summed E-state index contributed by atoms with van der Waals surface area (Å²) in [5, 5.41) is 2.22. The summed E-state index contributed by atoms with van der Waals surface area (Å²) in [4.78, 5) is 7.17. The van der Waals surface area contributed by atoms with E-state index >= 15 is 0 Å². The Hall–Kier alpha value is -10.9. The lowest BCUT2D eigenvalue weighted by Gasteiger charge is -2.33. The summed E-state index contributed by atoms with van der Waals surface area (Å²) in [5.41, 5.74) is 22.2. The van der Waals surface area contributed by atoms with Gasteiger partial charge in [-0.15, -0.1) is 0 Å². The zero-order valence-corrected chi connectivity index (χ0v) is 45.0. The predicted octanol–water partition coefficient (Wildman–Crippen LogP) is 22.3. The monoisotopic (exact) mass is 1050 g/mol. The van der Waals surface area contributed by atoms with E-state index in [-0.39, 0.29) is 0 Å². The van der Waals surface area contributed by atoms with Crippen molar-refractivity contribution in [3.8, 4) is 55.6 Å². The molecule has 0 unspecified atom stereocenters. The van der Waals surface area contributed by atoms with E-state index in [1.54, 1.807) is 0 Å². The lowest BCUT2D eigenvalue weighted by molar-refractivity contribution is 0.670. The van der Waals surface area contributed by atoms with Gasteiger partial charge in [0.05, 0.1) is 17.1 Å². The molecule has 0 spiro atoms. The van der Waals surface area contributed by atoms with Crippen LogP contribution in [0, 0.1) is 0 Å². The standard InChI is InChI=1S/C78H55N3O/c1-6-19-56(20-7-1)60-33-43-66(44-34-60)80(67-45-35-61(36-46-67)57-21-8-2-9-22-57)72-53-71(79(65-27-14-5-15-28-65)70-51-41-64(42-52-70)74-30-18-31-76-75-29-16-17-32-77(75)82-78(74)76)54-73(55-72)81(68-47-37-62(38-48-68)58-23-10-3-11-24-58)69-49-39-63(40-50-69)59-25-12-4-13-26-59/h1-55H. The maximum atomic E-state index is 6.57. The van der Waals surface area contributed by atoms with E-state index < -0.39 is 0 Å². The molecular weight excluding hydrogens is 995 g/mol. The first-order valence-corrected chi connectivity index (χ1v) is 27.9. The molecule has 0 saturated heterocycles. The predicted molar refractivity (Wildman–Crippen MR) is 345 cm³/mol. The van der Waals surface area contributed by atoms with Crippen LogP contribution in [0.1, 0.15) is 0 Å². The van der Waals surface area contributed by atoms with E-state index in [2.05, 4.69) is 336 Å². The summed E-state index contributed by atoms with van der Waals surface area (Å²) in [6.07, 6.45) is 0. The number of nitrogens with zero attached hydrogens (tertiary/aromatic N) is 3. The summed E-state index contributed by atoms with van der Waals surface area (Å²) in [6.45, 7) is 0. The summed E-state index contributed by atoms with van der Waals surface area (Å²) in [5.74, 6) is 0. The maximum Gasteiger partial charge on any atom is 0.143 e. The highest BCUT2D eigenvalue weighted by atomic mass is 16.3. The van der Waals surface area contributed by atoms with Crippen LogP contribution >= 0.6 is 0 Å². The third-order valence-electron chi connectivity index (χ3n) is 15.4. The van der Waals surface area contributed by atoms with Crippen LogP contribution < -0.4 is 14.7 Å². The van der Waals surface area contributed by atoms with Crippen LogP contribution in [0.2, 0.25) is 0 Å². The Morgan fingerprint density at radius 3 is 0.805 bits per heavy atom. The van der Waals surface area contributed by atoms with E-state index in [1.807, 2.05) is 12.1 Å². The van der Waals surface area contributed by atoms with Gasteiger partial charge in [0.15, 0.2) is 0 Å². The third kappa shape index (κ3) is 9.87. The lowest BCUT2D eigenvalue weighted by Crippen LogP contribution is -2.16. The molecule has 0 fully saturated rings. The number of furan rings is 1. The van der Waals surface area contributed by atoms with Crippen LogP contribution in [0.4, 0.5) is 51.2 Å². The van der Waals surface area contributed by atoms with Crippen LogP contribution in [-0.2, 0) is 0 Å². The maximum absolute atomic E-state index is 6.57. The minimum Gasteiger partial charge on any atom is -0.455 e. The first-order chi connectivity index (χ1) is 40.6. The van der Waals surface area contributed by atoms with E-state index in [4.69, 9.17) is 4.42 Å². The molecule has 0 aliphatic carbocycles. The topological polar surface area (TPSA) is 22.9 Å². The van der Waals surface area contributed by atoms with Crippen molar-refractivity contribution in [3.63, 3.8) is 0 Å². The highest BCUT2D eigenvalue weighted by Crippen LogP contribution is 2.48. The zero-order valence-electron chi connectivity index (χ0n) is 45.0. The van der Waals surface area contributed by atoms with Gasteiger partial charge in [0, 0.05) is 50.5 Å². The van der Waals surface area contributed by atoms with E-state index in [0.29, 0.717) is 0 Å². The Balaban J connectivity index is 0.984. The third-order valence-corrected chi connectivity index (χ3v) is 15.4. The second-order valence-corrected chi connectivity index (χ2v) is 20.5. The fourth-order valence-corrected chi connectivity index (χ4v) is 11.4. The van der Waals surface area contributed by atoms with E-state index in [0.717, 1.165) is 107 Å². The number of para-hydroxylation sites is 3. The van der Waals surface area contributed by atoms with Crippen molar-refractivity contribution >= 4 is 73.1 Å². The average molecular weight is 1050 g/mol. The molecule has 0 amide bonds. The lowest BCUT2D eigenvalue weighted by atomic mass is 10.0. The molecule has 14 aromatic rings. The first kappa shape index (κ1) is 49.4. The van der Waals surface area contributed by atoms with Crippen molar-refractivity contribution in [2.24, 2.45) is 0 Å². The molecule has 0 saturated carbocycles. The molecule has 0 aliphatic rings. The molecule has 1 heterocycles. The van der Waals surface area contributed by atoms with Gasteiger partial charge < -0.3 is 19.1 Å².